The lowest BCUT2D eigenvalue weighted by Crippen LogP contribution is -2.21. The van der Waals surface area contributed by atoms with Crippen LogP contribution in [-0.2, 0) is 6.54 Å². The summed E-state index contributed by atoms with van der Waals surface area (Å²) < 4.78 is 18.9. The molecule has 0 fully saturated rings. The highest BCUT2D eigenvalue weighted by atomic mass is 32.2. The van der Waals surface area contributed by atoms with Crippen molar-refractivity contribution >= 4 is 11.8 Å². The van der Waals surface area contributed by atoms with E-state index < -0.39 is 0 Å². The second-order valence-corrected chi connectivity index (χ2v) is 5.82. The molecule has 0 bridgehead atoms. The molecule has 1 atom stereocenters. The van der Waals surface area contributed by atoms with Crippen LogP contribution in [0, 0.1) is 0 Å². The van der Waals surface area contributed by atoms with Crippen molar-refractivity contribution in [2.45, 2.75) is 17.9 Å². The van der Waals surface area contributed by atoms with Crippen LogP contribution in [0.1, 0.15) is 12.0 Å². The molecule has 118 valence electrons. The predicted molar refractivity (Wildman–Crippen MR) is 80.4 cm³/mol. The van der Waals surface area contributed by atoms with Gasteiger partial charge in [0.05, 0.1) is 6.54 Å². The molecular formula is C14H13N5O3S. The van der Waals surface area contributed by atoms with E-state index in [1.165, 1.54) is 18.1 Å². The molecule has 0 amide bonds. The number of hydrogen-bond acceptors (Lipinski definition) is 8. The quantitative estimate of drug-likeness (QED) is 0.656. The number of hydrogen-bond donors (Lipinski definition) is 0. The molecule has 3 heterocycles. The smallest absolute Gasteiger partial charge is 0.276 e. The highest BCUT2D eigenvalue weighted by molar-refractivity contribution is 7.99. The first-order valence-corrected chi connectivity index (χ1v) is 8.04. The van der Waals surface area contributed by atoms with Crippen LogP contribution in [0.2, 0.25) is 0 Å². The molecule has 1 aromatic carbocycles. The number of thioether (sulfide) groups is 1. The number of fused-ring (bicyclic) bond motifs is 1. The number of benzene rings is 1. The normalized spacial score (nSPS) is 16.4. The lowest BCUT2D eigenvalue weighted by Gasteiger charge is -2.23. The van der Waals surface area contributed by atoms with Crippen molar-refractivity contribution in [1.82, 2.24) is 25.0 Å². The third-order valence-corrected chi connectivity index (χ3v) is 4.02. The molecule has 1 aliphatic heterocycles. The van der Waals surface area contributed by atoms with Gasteiger partial charge in [0.25, 0.3) is 11.1 Å². The van der Waals surface area contributed by atoms with Crippen LogP contribution in [0.5, 0.6) is 11.5 Å². The highest BCUT2D eigenvalue weighted by Crippen LogP contribution is 2.35. The lowest BCUT2D eigenvalue weighted by atomic mass is 10.2. The van der Waals surface area contributed by atoms with E-state index in [2.05, 4.69) is 20.3 Å². The van der Waals surface area contributed by atoms with Crippen molar-refractivity contribution in [1.29, 1.82) is 0 Å². The van der Waals surface area contributed by atoms with E-state index >= 15 is 0 Å². The fourth-order valence-corrected chi connectivity index (χ4v) is 2.82. The summed E-state index contributed by atoms with van der Waals surface area (Å²) in [4.78, 5) is 3.89. The van der Waals surface area contributed by atoms with Gasteiger partial charge in [0, 0.05) is 5.75 Å². The minimum absolute atomic E-state index is 0.349. The minimum atomic E-state index is -0.387. The molecule has 0 spiro atoms. The molecule has 1 aliphatic rings. The molecule has 0 saturated heterocycles. The molecule has 3 aromatic rings. The Morgan fingerprint density at radius 1 is 1.22 bits per heavy atom. The van der Waals surface area contributed by atoms with Gasteiger partial charge in [-0.2, -0.15) is 5.10 Å². The van der Waals surface area contributed by atoms with Gasteiger partial charge in [-0.25, -0.2) is 4.98 Å². The Labute approximate surface area is 135 Å². The van der Waals surface area contributed by atoms with Crippen LogP contribution >= 0.6 is 11.8 Å². The van der Waals surface area contributed by atoms with Crippen LogP contribution in [0.25, 0.3) is 0 Å². The summed E-state index contributed by atoms with van der Waals surface area (Å²) in [5, 5.41) is 12.6. The molecular weight excluding hydrogens is 318 g/mol. The molecule has 2 aromatic heterocycles. The number of aromatic nitrogens is 5. The van der Waals surface area contributed by atoms with E-state index in [0.717, 1.165) is 18.0 Å². The van der Waals surface area contributed by atoms with E-state index in [1.54, 1.807) is 11.0 Å². The second kappa shape index (κ2) is 6.29. The van der Waals surface area contributed by atoms with Gasteiger partial charge in [-0.15, -0.1) is 10.2 Å². The van der Waals surface area contributed by atoms with E-state index in [9.17, 15) is 0 Å². The fraction of sp³-hybridized carbons (Fsp3) is 0.286. The number of rotatable bonds is 5. The molecule has 0 radical (unpaired) electrons. The van der Waals surface area contributed by atoms with E-state index in [4.69, 9.17) is 13.9 Å². The minimum Gasteiger partial charge on any atom is -0.485 e. The van der Waals surface area contributed by atoms with Gasteiger partial charge in [-0.1, -0.05) is 23.9 Å². The van der Waals surface area contributed by atoms with Crippen molar-refractivity contribution in [2.75, 3.05) is 12.4 Å². The Morgan fingerprint density at radius 2 is 2.13 bits per heavy atom. The van der Waals surface area contributed by atoms with Gasteiger partial charge in [-0.05, 0) is 12.1 Å². The van der Waals surface area contributed by atoms with Gasteiger partial charge in [0.15, 0.2) is 11.5 Å². The van der Waals surface area contributed by atoms with Crippen molar-refractivity contribution in [2.24, 2.45) is 0 Å². The molecule has 9 heteroatoms. The number of ether oxygens (including phenoxy) is 2. The molecule has 4 rings (SSSR count). The Kier molecular flexibility index (Phi) is 3.85. The first-order chi connectivity index (χ1) is 11.4. The van der Waals surface area contributed by atoms with Gasteiger partial charge >= 0.3 is 0 Å². The van der Waals surface area contributed by atoms with Gasteiger partial charge in [0.1, 0.15) is 19.3 Å². The van der Waals surface area contributed by atoms with E-state index in [0.29, 0.717) is 23.5 Å². The summed E-state index contributed by atoms with van der Waals surface area (Å²) >= 11 is 1.46. The Balaban J connectivity index is 1.36. The second-order valence-electron chi connectivity index (χ2n) is 4.78. The average Bonchev–Trinajstić information content (AvgIpc) is 3.26. The van der Waals surface area contributed by atoms with Crippen LogP contribution in [0.15, 0.2) is 46.6 Å². The van der Waals surface area contributed by atoms with Crippen LogP contribution in [0.4, 0.5) is 0 Å². The zero-order valence-electron chi connectivity index (χ0n) is 12.0. The number of nitrogens with zero attached hydrogens (tertiary/aromatic N) is 5. The Morgan fingerprint density at radius 3 is 3.00 bits per heavy atom. The van der Waals surface area contributed by atoms with Crippen molar-refractivity contribution < 1.29 is 13.9 Å². The molecule has 0 N–H and O–H groups in total. The first kappa shape index (κ1) is 14.1. The molecule has 8 nitrogen and oxygen atoms in total. The summed E-state index contributed by atoms with van der Waals surface area (Å²) in [5.41, 5.74) is 0. The van der Waals surface area contributed by atoms with E-state index in [-0.39, 0.29) is 6.10 Å². The number of aryl methyl sites for hydroxylation is 1. The standard InChI is InChI=1S/C14H13N5O3S/c1-2-4-11-10(3-1)20-7-12(21-11)13-17-18-14(22-13)23-6-5-19-9-15-8-16-19/h1-4,8-9,12H,5-7H2/t12-/m0/s1. The lowest BCUT2D eigenvalue weighted by molar-refractivity contribution is 0.0686. The van der Waals surface area contributed by atoms with Crippen LogP contribution < -0.4 is 9.47 Å². The third kappa shape index (κ3) is 3.14. The van der Waals surface area contributed by atoms with Crippen LogP contribution in [-0.4, -0.2) is 37.3 Å². The number of para-hydroxylation sites is 2. The zero-order chi connectivity index (χ0) is 15.5. The van der Waals surface area contributed by atoms with Gasteiger partial charge in [0.2, 0.25) is 6.10 Å². The van der Waals surface area contributed by atoms with Crippen molar-refractivity contribution in [3.05, 3.63) is 42.8 Å². The molecule has 23 heavy (non-hydrogen) atoms. The maximum Gasteiger partial charge on any atom is 0.276 e. The zero-order valence-corrected chi connectivity index (χ0v) is 12.8. The van der Waals surface area contributed by atoms with Crippen molar-refractivity contribution in [3.63, 3.8) is 0 Å². The predicted octanol–water partition coefficient (Wildman–Crippen LogP) is 1.97. The monoisotopic (exact) mass is 331 g/mol. The maximum absolute atomic E-state index is 5.84. The summed E-state index contributed by atoms with van der Waals surface area (Å²) in [7, 11) is 0. The summed E-state index contributed by atoms with van der Waals surface area (Å²) in [6.07, 6.45) is 2.79. The van der Waals surface area contributed by atoms with Crippen LogP contribution in [0.3, 0.4) is 0 Å². The average molecular weight is 331 g/mol. The summed E-state index contributed by atoms with van der Waals surface area (Å²) in [5.74, 6) is 2.59. The Bertz CT molecular complexity index is 776. The molecule has 0 aliphatic carbocycles. The fourth-order valence-electron chi connectivity index (χ4n) is 2.12. The van der Waals surface area contributed by atoms with Gasteiger partial charge < -0.3 is 13.9 Å². The Hall–Kier alpha value is -2.55. The maximum atomic E-state index is 5.84. The van der Waals surface area contributed by atoms with Gasteiger partial charge in [-0.3, -0.25) is 4.68 Å². The largest absolute Gasteiger partial charge is 0.485 e. The first-order valence-electron chi connectivity index (χ1n) is 7.05. The molecule has 0 saturated carbocycles. The third-order valence-electron chi connectivity index (χ3n) is 3.22. The van der Waals surface area contributed by atoms with E-state index in [1.807, 2.05) is 24.3 Å². The summed E-state index contributed by atoms with van der Waals surface area (Å²) in [6, 6.07) is 7.51. The molecule has 0 unspecified atom stereocenters. The SMILES string of the molecule is c1ccc2c(c1)OC[C@@H](c1nnc(SCCn3cncn3)o1)O2. The highest BCUT2D eigenvalue weighted by Gasteiger charge is 2.27. The summed E-state index contributed by atoms with van der Waals surface area (Å²) in [6.45, 7) is 1.07. The topological polar surface area (TPSA) is 88.1 Å². The van der Waals surface area contributed by atoms with Crippen molar-refractivity contribution in [3.8, 4) is 11.5 Å².